The number of hydrogen-bond acceptors (Lipinski definition) is 3. The minimum absolute atomic E-state index is 0.0414. The lowest BCUT2D eigenvalue weighted by molar-refractivity contribution is 0.102. The molecule has 0 atom stereocenters. The molecule has 1 aromatic heterocycles. The number of nitrogens with one attached hydrogen (secondary N) is 2. The predicted octanol–water partition coefficient (Wildman–Crippen LogP) is 1.12. The molecule has 0 aliphatic rings. The van der Waals surface area contributed by atoms with Crippen LogP contribution < -0.4 is 10.9 Å². The lowest BCUT2D eigenvalue weighted by atomic mass is 10.2. The van der Waals surface area contributed by atoms with Gasteiger partial charge in [-0.3, -0.25) is 9.59 Å². The molecule has 18 heavy (non-hydrogen) atoms. The number of aromatic amines is 1. The molecular weight excluding hydrogens is 232 g/mol. The molecule has 2 rings (SSSR count). The van der Waals surface area contributed by atoms with E-state index in [4.69, 9.17) is 5.11 Å². The number of hydrogen-bond donors (Lipinski definition) is 3. The summed E-state index contributed by atoms with van der Waals surface area (Å²) in [5.41, 5.74) is 1.25. The van der Waals surface area contributed by atoms with E-state index in [1.54, 1.807) is 24.3 Å². The summed E-state index contributed by atoms with van der Waals surface area (Å²) in [6.45, 7) is -0.0414. The normalized spacial score (nSPS) is 10.1. The van der Waals surface area contributed by atoms with Crippen LogP contribution >= 0.6 is 0 Å². The van der Waals surface area contributed by atoms with Crippen molar-refractivity contribution in [1.82, 2.24) is 4.98 Å². The third-order valence-corrected chi connectivity index (χ3v) is 2.41. The summed E-state index contributed by atoms with van der Waals surface area (Å²) in [6.07, 6.45) is 0. The Balaban J connectivity index is 2.13. The molecule has 0 radical (unpaired) electrons. The maximum absolute atomic E-state index is 11.8. The summed E-state index contributed by atoms with van der Waals surface area (Å²) in [6, 6.07) is 11.2. The van der Waals surface area contributed by atoms with Crippen LogP contribution in [0.1, 0.15) is 16.1 Å². The van der Waals surface area contributed by atoms with Crippen molar-refractivity contribution < 1.29 is 9.90 Å². The Kier molecular flexibility index (Phi) is 3.54. The maximum Gasteiger partial charge on any atom is 0.272 e. The average molecular weight is 244 g/mol. The van der Waals surface area contributed by atoms with Crippen molar-refractivity contribution in [2.75, 3.05) is 5.32 Å². The van der Waals surface area contributed by atoms with Crippen molar-refractivity contribution in [2.24, 2.45) is 0 Å². The molecule has 5 nitrogen and oxygen atoms in total. The van der Waals surface area contributed by atoms with Crippen LogP contribution in [0, 0.1) is 0 Å². The second-order valence-electron chi connectivity index (χ2n) is 3.74. The molecule has 3 N–H and O–H groups in total. The minimum Gasteiger partial charge on any atom is -0.392 e. The summed E-state index contributed by atoms with van der Waals surface area (Å²) < 4.78 is 0. The van der Waals surface area contributed by atoms with E-state index in [0.717, 1.165) is 5.56 Å². The first kappa shape index (κ1) is 12.1. The topological polar surface area (TPSA) is 82.2 Å². The summed E-state index contributed by atoms with van der Waals surface area (Å²) >= 11 is 0. The van der Waals surface area contributed by atoms with Gasteiger partial charge < -0.3 is 15.4 Å². The first-order chi connectivity index (χ1) is 8.69. The molecule has 0 unspecified atom stereocenters. The Morgan fingerprint density at radius 1 is 1.17 bits per heavy atom. The first-order valence-electron chi connectivity index (χ1n) is 5.39. The molecule has 2 aromatic rings. The fraction of sp³-hybridized carbons (Fsp3) is 0.0769. The molecule has 0 fully saturated rings. The number of amides is 1. The van der Waals surface area contributed by atoms with Crippen LogP contribution in [-0.4, -0.2) is 16.0 Å². The maximum atomic E-state index is 11.8. The van der Waals surface area contributed by atoms with Gasteiger partial charge in [-0.1, -0.05) is 18.2 Å². The molecule has 0 spiro atoms. The third-order valence-electron chi connectivity index (χ3n) is 2.41. The number of pyridine rings is 1. The van der Waals surface area contributed by atoms with Gasteiger partial charge in [0, 0.05) is 11.8 Å². The van der Waals surface area contributed by atoms with Gasteiger partial charge in [0.1, 0.15) is 5.69 Å². The van der Waals surface area contributed by atoms with Gasteiger partial charge in [0.05, 0.1) is 6.61 Å². The molecule has 0 saturated carbocycles. The molecule has 92 valence electrons. The summed E-state index contributed by atoms with van der Waals surface area (Å²) in [4.78, 5) is 25.3. The number of carbonyl (C=O) groups is 1. The number of rotatable bonds is 3. The van der Waals surface area contributed by atoms with Gasteiger partial charge in [0.25, 0.3) is 5.91 Å². The van der Waals surface area contributed by atoms with E-state index in [-0.39, 0.29) is 23.8 Å². The monoisotopic (exact) mass is 244 g/mol. The Bertz CT molecular complexity index is 602. The van der Waals surface area contributed by atoms with Gasteiger partial charge in [-0.2, -0.15) is 0 Å². The molecule has 0 bridgehead atoms. The van der Waals surface area contributed by atoms with Crippen molar-refractivity contribution in [3.05, 3.63) is 64.1 Å². The Morgan fingerprint density at radius 2 is 1.89 bits per heavy atom. The smallest absolute Gasteiger partial charge is 0.272 e. The van der Waals surface area contributed by atoms with Crippen LogP contribution in [0.4, 0.5) is 5.69 Å². The zero-order chi connectivity index (χ0) is 13.0. The number of carbonyl (C=O) groups excluding carboxylic acids is 1. The molecule has 5 heteroatoms. The highest BCUT2D eigenvalue weighted by molar-refractivity contribution is 6.02. The Morgan fingerprint density at radius 3 is 2.50 bits per heavy atom. The second kappa shape index (κ2) is 5.29. The van der Waals surface area contributed by atoms with Crippen LogP contribution in [-0.2, 0) is 6.61 Å². The highest BCUT2D eigenvalue weighted by Gasteiger charge is 2.06. The zero-order valence-electron chi connectivity index (χ0n) is 9.51. The number of benzene rings is 1. The van der Waals surface area contributed by atoms with Crippen LogP contribution in [0.3, 0.4) is 0 Å². The van der Waals surface area contributed by atoms with E-state index in [1.165, 1.54) is 18.2 Å². The van der Waals surface area contributed by atoms with Crippen molar-refractivity contribution in [3.63, 3.8) is 0 Å². The molecule has 0 saturated heterocycles. The average Bonchev–Trinajstić information content (AvgIpc) is 2.39. The molecule has 1 aromatic carbocycles. The van der Waals surface area contributed by atoms with Crippen molar-refractivity contribution in [1.29, 1.82) is 0 Å². The quantitative estimate of drug-likeness (QED) is 0.756. The standard InChI is InChI=1S/C13H12N2O3/c16-8-9-4-6-10(7-5-9)14-13(18)11-2-1-3-12(17)15-11/h1-7,16H,8H2,(H,14,18)(H,15,17). The van der Waals surface area contributed by atoms with Gasteiger partial charge in [-0.25, -0.2) is 0 Å². The largest absolute Gasteiger partial charge is 0.392 e. The van der Waals surface area contributed by atoms with Gasteiger partial charge >= 0.3 is 0 Å². The fourth-order valence-electron chi connectivity index (χ4n) is 1.47. The van der Waals surface area contributed by atoms with Crippen LogP contribution in [0.2, 0.25) is 0 Å². The number of H-pyrrole nitrogens is 1. The van der Waals surface area contributed by atoms with Crippen molar-refractivity contribution >= 4 is 11.6 Å². The first-order valence-corrected chi connectivity index (χ1v) is 5.39. The van der Waals surface area contributed by atoms with Crippen molar-refractivity contribution in [3.8, 4) is 0 Å². The summed E-state index contributed by atoms with van der Waals surface area (Å²) in [5, 5.41) is 11.5. The van der Waals surface area contributed by atoms with E-state index < -0.39 is 0 Å². The van der Waals surface area contributed by atoms with Gasteiger partial charge in [-0.15, -0.1) is 0 Å². The minimum atomic E-state index is -0.385. The number of aromatic nitrogens is 1. The summed E-state index contributed by atoms with van der Waals surface area (Å²) in [7, 11) is 0. The van der Waals surface area contributed by atoms with Gasteiger partial charge in [0.15, 0.2) is 0 Å². The Hall–Kier alpha value is -2.40. The lowest BCUT2D eigenvalue weighted by Gasteiger charge is -2.05. The molecule has 1 amide bonds. The Labute approximate surface area is 103 Å². The van der Waals surface area contributed by atoms with Gasteiger partial charge in [0.2, 0.25) is 5.56 Å². The summed E-state index contributed by atoms with van der Waals surface area (Å²) in [5.74, 6) is -0.385. The second-order valence-corrected chi connectivity index (χ2v) is 3.74. The highest BCUT2D eigenvalue weighted by atomic mass is 16.3. The van der Waals surface area contributed by atoms with E-state index >= 15 is 0 Å². The van der Waals surface area contributed by atoms with E-state index in [9.17, 15) is 9.59 Å². The number of aliphatic hydroxyl groups excluding tert-OH is 1. The molecule has 0 aliphatic carbocycles. The fourth-order valence-corrected chi connectivity index (χ4v) is 1.47. The molecule has 0 aliphatic heterocycles. The number of anilines is 1. The number of aliphatic hydroxyl groups is 1. The van der Waals surface area contributed by atoms with Crippen LogP contribution in [0.5, 0.6) is 0 Å². The van der Waals surface area contributed by atoms with Crippen LogP contribution in [0.15, 0.2) is 47.3 Å². The van der Waals surface area contributed by atoms with E-state index in [2.05, 4.69) is 10.3 Å². The highest BCUT2D eigenvalue weighted by Crippen LogP contribution is 2.10. The molecular formula is C13H12N2O3. The third kappa shape index (κ3) is 2.83. The SMILES string of the molecule is O=C(Nc1ccc(CO)cc1)c1cccc(=O)[nH]1. The predicted molar refractivity (Wildman–Crippen MR) is 67.4 cm³/mol. The van der Waals surface area contributed by atoms with Crippen molar-refractivity contribution in [2.45, 2.75) is 6.61 Å². The van der Waals surface area contributed by atoms with E-state index in [0.29, 0.717) is 5.69 Å². The zero-order valence-corrected chi connectivity index (χ0v) is 9.51. The van der Waals surface area contributed by atoms with Crippen LogP contribution in [0.25, 0.3) is 0 Å². The molecule has 1 heterocycles. The lowest BCUT2D eigenvalue weighted by Crippen LogP contribution is -2.17. The van der Waals surface area contributed by atoms with Gasteiger partial charge in [-0.05, 0) is 23.8 Å². The van der Waals surface area contributed by atoms with E-state index in [1.807, 2.05) is 0 Å².